The highest BCUT2D eigenvalue weighted by molar-refractivity contribution is 7.15. The van der Waals surface area contributed by atoms with Gasteiger partial charge in [-0.1, -0.05) is 0 Å². The molecule has 3 heterocycles. The first-order chi connectivity index (χ1) is 14.9. The maximum atomic E-state index is 14.4. The van der Waals surface area contributed by atoms with Crippen LogP contribution < -0.4 is 17.0 Å². The van der Waals surface area contributed by atoms with Gasteiger partial charge in [-0.05, 0) is 35.9 Å². The van der Waals surface area contributed by atoms with E-state index >= 15 is 0 Å². The average molecular weight is 447 g/mol. The molecule has 7 nitrogen and oxygen atoms in total. The number of fused-ring (bicyclic) bond motifs is 1. The van der Waals surface area contributed by atoms with Gasteiger partial charge in [0.25, 0.3) is 6.08 Å². The summed E-state index contributed by atoms with van der Waals surface area (Å²) in [6.45, 7) is -0.558. The molecule has 0 amide bonds. The van der Waals surface area contributed by atoms with E-state index < -0.39 is 17.6 Å². The Morgan fingerprint density at radius 2 is 1.97 bits per heavy atom. The number of nitrogens with zero attached hydrogens (tertiary/aromatic N) is 3. The highest BCUT2D eigenvalue weighted by Gasteiger charge is 2.13. The van der Waals surface area contributed by atoms with Gasteiger partial charge in [0.05, 0.1) is 18.6 Å². The van der Waals surface area contributed by atoms with E-state index in [9.17, 15) is 22.8 Å². The minimum atomic E-state index is -1.92. The van der Waals surface area contributed by atoms with Gasteiger partial charge in [-0.2, -0.15) is 13.9 Å². The summed E-state index contributed by atoms with van der Waals surface area (Å²) in [6, 6.07) is 9.58. The zero-order chi connectivity index (χ0) is 22.1. The highest BCUT2D eigenvalue weighted by atomic mass is 32.1. The van der Waals surface area contributed by atoms with Gasteiger partial charge < -0.3 is 10.7 Å². The number of H-pyrrole nitrogens is 1. The van der Waals surface area contributed by atoms with E-state index in [1.54, 1.807) is 24.3 Å². The summed E-state index contributed by atoms with van der Waals surface area (Å²) in [5, 5.41) is 4.43. The summed E-state index contributed by atoms with van der Waals surface area (Å²) in [4.78, 5) is 27.9. The van der Waals surface area contributed by atoms with E-state index in [1.807, 2.05) is 0 Å². The number of aromatic amines is 1. The molecule has 11 heteroatoms. The van der Waals surface area contributed by atoms with Crippen molar-refractivity contribution in [3.05, 3.63) is 85.9 Å². The standard InChI is InChI=1S/C20H16F3N5O2S/c21-15-6-12(5-11-1-4-17(29)26-18(11)15)16-3-2-14(31-16)9-27-10-25-28(20(27)30)8-13(7-24)19(22)23/h1-6,10H,7-9,24H2,(H,26,29). The van der Waals surface area contributed by atoms with Crippen LogP contribution in [0.15, 0.2) is 64.0 Å². The van der Waals surface area contributed by atoms with Crippen LogP contribution in [0.5, 0.6) is 0 Å². The minimum Gasteiger partial charge on any atom is -0.327 e. The second-order valence-corrected chi connectivity index (χ2v) is 7.95. The molecular weight excluding hydrogens is 431 g/mol. The largest absolute Gasteiger partial charge is 0.346 e. The maximum absolute atomic E-state index is 14.4. The molecule has 0 saturated carbocycles. The molecule has 0 aliphatic carbocycles. The number of thiophene rings is 1. The van der Waals surface area contributed by atoms with Gasteiger partial charge in [0, 0.05) is 33.3 Å². The lowest BCUT2D eigenvalue weighted by atomic mass is 10.1. The van der Waals surface area contributed by atoms with Crippen molar-refractivity contribution in [2.24, 2.45) is 5.73 Å². The number of pyridine rings is 1. The van der Waals surface area contributed by atoms with E-state index in [2.05, 4.69) is 10.1 Å². The first-order valence-electron chi connectivity index (χ1n) is 9.12. The Morgan fingerprint density at radius 1 is 1.16 bits per heavy atom. The fourth-order valence-electron chi connectivity index (χ4n) is 3.12. The SMILES string of the molecule is NCC(Cn1ncn(Cc2ccc(-c3cc(F)c4[nH]c(=O)ccc4c3)s2)c1=O)=C(F)F. The van der Waals surface area contributed by atoms with E-state index in [0.29, 0.717) is 10.9 Å². The van der Waals surface area contributed by atoms with E-state index in [0.717, 1.165) is 14.4 Å². The molecule has 3 aromatic heterocycles. The molecule has 0 unspecified atom stereocenters. The molecule has 3 N–H and O–H groups in total. The van der Waals surface area contributed by atoms with E-state index in [-0.39, 0.29) is 36.3 Å². The summed E-state index contributed by atoms with van der Waals surface area (Å²) < 4.78 is 42.2. The third-order valence-electron chi connectivity index (χ3n) is 4.71. The van der Waals surface area contributed by atoms with Crippen molar-refractivity contribution in [2.75, 3.05) is 6.54 Å². The third kappa shape index (κ3) is 4.23. The monoisotopic (exact) mass is 447 g/mol. The number of nitrogens with two attached hydrogens (primary N) is 1. The number of nitrogens with one attached hydrogen (secondary N) is 1. The molecule has 0 fully saturated rings. The molecule has 1 aromatic carbocycles. The third-order valence-corrected chi connectivity index (χ3v) is 5.83. The molecule has 4 aromatic rings. The Hall–Kier alpha value is -3.44. The molecule has 31 heavy (non-hydrogen) atoms. The summed E-state index contributed by atoms with van der Waals surface area (Å²) in [7, 11) is 0. The first-order valence-corrected chi connectivity index (χ1v) is 9.94. The molecular formula is C20H16F3N5O2S. The van der Waals surface area contributed by atoms with Gasteiger partial charge in [-0.3, -0.25) is 9.36 Å². The second kappa shape index (κ2) is 8.36. The first kappa shape index (κ1) is 20.8. The lowest BCUT2D eigenvalue weighted by molar-refractivity contribution is 0.400. The quantitative estimate of drug-likeness (QED) is 0.475. The maximum Gasteiger partial charge on any atom is 0.346 e. The average Bonchev–Trinajstić information content (AvgIpc) is 3.34. The summed E-state index contributed by atoms with van der Waals surface area (Å²) >= 11 is 1.36. The van der Waals surface area contributed by atoms with Gasteiger partial charge in [-0.25, -0.2) is 13.9 Å². The van der Waals surface area contributed by atoms with Crippen molar-refractivity contribution in [1.82, 2.24) is 19.3 Å². The van der Waals surface area contributed by atoms with Crippen molar-refractivity contribution in [2.45, 2.75) is 13.1 Å². The van der Waals surface area contributed by atoms with Gasteiger partial charge >= 0.3 is 5.69 Å². The van der Waals surface area contributed by atoms with E-state index in [1.165, 1.54) is 34.4 Å². The molecule has 0 atom stereocenters. The number of benzene rings is 1. The molecule has 0 aliphatic rings. The number of hydrogen-bond donors (Lipinski definition) is 2. The van der Waals surface area contributed by atoms with Gasteiger partial charge in [0.2, 0.25) is 5.56 Å². The predicted molar refractivity (Wildman–Crippen MR) is 112 cm³/mol. The Kier molecular flexibility index (Phi) is 5.61. The van der Waals surface area contributed by atoms with E-state index in [4.69, 9.17) is 5.73 Å². The van der Waals surface area contributed by atoms with Crippen molar-refractivity contribution in [1.29, 1.82) is 0 Å². The number of rotatable bonds is 6. The van der Waals surface area contributed by atoms with Crippen LogP contribution in [0.3, 0.4) is 0 Å². The molecule has 0 saturated heterocycles. The Morgan fingerprint density at radius 3 is 2.71 bits per heavy atom. The van der Waals surface area contributed by atoms with Crippen molar-refractivity contribution in [3.63, 3.8) is 0 Å². The summed E-state index contributed by atoms with van der Waals surface area (Å²) in [5.74, 6) is -0.540. The highest BCUT2D eigenvalue weighted by Crippen LogP contribution is 2.31. The molecule has 0 radical (unpaired) electrons. The Labute approximate surface area is 176 Å². The molecule has 4 rings (SSSR count). The summed E-state index contributed by atoms with van der Waals surface area (Å²) in [5.41, 5.74) is 4.78. The predicted octanol–water partition coefficient (Wildman–Crippen LogP) is 2.91. The summed E-state index contributed by atoms with van der Waals surface area (Å²) in [6.07, 6.45) is -0.642. The van der Waals surface area contributed by atoms with Crippen LogP contribution in [0.1, 0.15) is 4.88 Å². The lowest BCUT2D eigenvalue weighted by Gasteiger charge is -2.03. The molecule has 0 spiro atoms. The number of hydrogen-bond acceptors (Lipinski definition) is 5. The lowest BCUT2D eigenvalue weighted by Crippen LogP contribution is -2.27. The van der Waals surface area contributed by atoms with Gasteiger partial charge in [0.1, 0.15) is 12.1 Å². The van der Waals surface area contributed by atoms with Crippen LogP contribution in [-0.4, -0.2) is 25.9 Å². The van der Waals surface area contributed by atoms with Crippen molar-refractivity contribution in [3.8, 4) is 10.4 Å². The van der Waals surface area contributed by atoms with Crippen molar-refractivity contribution < 1.29 is 13.2 Å². The Balaban J connectivity index is 1.59. The fourth-order valence-corrected chi connectivity index (χ4v) is 4.11. The smallest absolute Gasteiger partial charge is 0.327 e. The van der Waals surface area contributed by atoms with Crippen LogP contribution in [0, 0.1) is 5.82 Å². The van der Waals surface area contributed by atoms with Crippen molar-refractivity contribution >= 4 is 22.2 Å². The van der Waals surface area contributed by atoms with Crippen LogP contribution in [-0.2, 0) is 13.1 Å². The Bertz CT molecular complexity index is 1410. The zero-order valence-corrected chi connectivity index (χ0v) is 16.8. The van der Waals surface area contributed by atoms with Crippen LogP contribution >= 0.6 is 11.3 Å². The second-order valence-electron chi connectivity index (χ2n) is 6.78. The van der Waals surface area contributed by atoms with Gasteiger partial charge in [0.15, 0.2) is 0 Å². The normalized spacial score (nSPS) is 11.2. The van der Waals surface area contributed by atoms with Crippen LogP contribution in [0.2, 0.25) is 0 Å². The number of halogens is 3. The number of aromatic nitrogens is 4. The molecule has 0 bridgehead atoms. The fraction of sp³-hybridized carbons (Fsp3) is 0.150. The minimum absolute atomic E-state index is 0.141. The zero-order valence-electron chi connectivity index (χ0n) is 15.9. The molecule has 160 valence electrons. The van der Waals surface area contributed by atoms with Crippen LogP contribution in [0.25, 0.3) is 21.3 Å². The topological polar surface area (TPSA) is 98.7 Å². The molecule has 0 aliphatic heterocycles. The van der Waals surface area contributed by atoms with Gasteiger partial charge in [-0.15, -0.1) is 11.3 Å². The van der Waals surface area contributed by atoms with Crippen LogP contribution in [0.4, 0.5) is 13.2 Å².